The molecule has 0 saturated heterocycles. The fourth-order valence-electron chi connectivity index (χ4n) is 8.93. The van der Waals surface area contributed by atoms with E-state index in [9.17, 15) is 0 Å². The molecule has 1 heterocycles. The number of hydrogen-bond acceptors (Lipinski definition) is 1. The number of para-hydroxylation sites is 1. The summed E-state index contributed by atoms with van der Waals surface area (Å²) >= 11 is 0. The molecule has 11 rings (SSSR count). The van der Waals surface area contributed by atoms with Crippen LogP contribution in [0.4, 0.5) is 0 Å². The van der Waals surface area contributed by atoms with Crippen molar-refractivity contribution >= 4 is 54.3 Å². The van der Waals surface area contributed by atoms with E-state index in [4.69, 9.17) is 4.42 Å². The van der Waals surface area contributed by atoms with Gasteiger partial charge in [0.25, 0.3) is 0 Å². The number of rotatable bonds is 6. The quantitative estimate of drug-likeness (QED) is 0.124. The van der Waals surface area contributed by atoms with Crippen LogP contribution in [-0.2, 0) is 0 Å². The zero-order valence-corrected chi connectivity index (χ0v) is 30.7. The molecule has 0 radical (unpaired) electrons. The van der Waals surface area contributed by atoms with Crippen molar-refractivity contribution in [1.29, 1.82) is 0 Å². The minimum Gasteiger partial charge on any atom is -0.455 e. The van der Waals surface area contributed by atoms with Gasteiger partial charge in [-0.05, 0) is 83.6 Å². The maximum absolute atomic E-state index is 6.77. The molecule has 0 spiro atoms. The van der Waals surface area contributed by atoms with E-state index < -0.39 is 0 Å². The third-order valence-electron chi connectivity index (χ3n) is 11.6. The normalized spacial score (nSPS) is 12.2. The van der Waals surface area contributed by atoms with E-state index in [2.05, 4.69) is 212 Å². The van der Waals surface area contributed by atoms with Crippen molar-refractivity contribution in [2.75, 3.05) is 0 Å². The zero-order chi connectivity index (χ0) is 37.0. The van der Waals surface area contributed by atoms with Gasteiger partial charge in [0.2, 0.25) is 0 Å². The van der Waals surface area contributed by atoms with Crippen molar-refractivity contribution < 1.29 is 4.42 Å². The maximum Gasteiger partial charge on any atom is 0.143 e. The van der Waals surface area contributed by atoms with Crippen molar-refractivity contribution in [3.63, 3.8) is 0 Å². The van der Waals surface area contributed by atoms with Crippen LogP contribution in [0.15, 0.2) is 217 Å². The van der Waals surface area contributed by atoms with Gasteiger partial charge in [-0.15, -0.1) is 0 Å². The SMILES string of the molecule is c1ccc(-c2cccc3c2oc2c4ccccc4c(-c4ccc(C(c5ccccc5)c5ccc(-c6cc7ccccc7c7ccccc67)cc5)cc4)cc32)cc1. The van der Waals surface area contributed by atoms with Crippen LogP contribution in [0, 0.1) is 0 Å². The van der Waals surface area contributed by atoms with Gasteiger partial charge in [-0.2, -0.15) is 0 Å². The lowest BCUT2D eigenvalue weighted by atomic mass is 9.83. The summed E-state index contributed by atoms with van der Waals surface area (Å²) in [6.45, 7) is 0. The van der Waals surface area contributed by atoms with Crippen LogP contribution in [0.1, 0.15) is 22.6 Å². The molecule has 0 fully saturated rings. The molecule has 0 aliphatic rings. The second-order valence-electron chi connectivity index (χ2n) is 14.8. The minimum atomic E-state index is 0.0843. The molecule has 0 N–H and O–H groups in total. The Bertz CT molecular complexity index is 3210. The first-order chi connectivity index (χ1) is 27.8. The van der Waals surface area contributed by atoms with Crippen molar-refractivity contribution in [2.24, 2.45) is 0 Å². The standard InChI is InChI=1S/C55H36O/c1-3-14-36(15-4-1)44-24-13-25-49-52-35-51(47-22-11-12-23-48(47)55(52)56-54(44)49)38-28-32-41(33-29-38)53(39-16-5-2-6-17-39)40-30-26-37(27-31-40)50-34-42-18-7-8-19-43(42)45-20-9-10-21-46(45)50/h1-35,53H. The largest absolute Gasteiger partial charge is 0.455 e. The molecule has 1 atom stereocenters. The van der Waals surface area contributed by atoms with E-state index in [1.807, 2.05) is 0 Å². The van der Waals surface area contributed by atoms with Crippen LogP contribution in [-0.4, -0.2) is 0 Å². The highest BCUT2D eigenvalue weighted by Gasteiger charge is 2.20. The third kappa shape index (κ3) is 5.32. The molecule has 1 unspecified atom stereocenters. The third-order valence-corrected chi connectivity index (χ3v) is 11.6. The number of benzene rings is 10. The van der Waals surface area contributed by atoms with Crippen molar-refractivity contribution in [3.8, 4) is 33.4 Å². The summed E-state index contributed by atoms with van der Waals surface area (Å²) in [5.74, 6) is 0.0843. The monoisotopic (exact) mass is 712 g/mol. The molecular weight excluding hydrogens is 677 g/mol. The average molecular weight is 713 g/mol. The summed E-state index contributed by atoms with van der Waals surface area (Å²) in [5, 5.41) is 9.70. The van der Waals surface area contributed by atoms with Crippen molar-refractivity contribution in [3.05, 3.63) is 229 Å². The lowest BCUT2D eigenvalue weighted by Gasteiger charge is -2.20. The van der Waals surface area contributed by atoms with Gasteiger partial charge in [0.05, 0.1) is 0 Å². The predicted molar refractivity (Wildman–Crippen MR) is 236 cm³/mol. The van der Waals surface area contributed by atoms with Crippen LogP contribution >= 0.6 is 0 Å². The van der Waals surface area contributed by atoms with Gasteiger partial charge in [-0.3, -0.25) is 0 Å². The van der Waals surface area contributed by atoms with Crippen LogP contribution in [0.5, 0.6) is 0 Å². The molecule has 1 heteroatoms. The van der Waals surface area contributed by atoms with Gasteiger partial charge in [-0.1, -0.05) is 200 Å². The molecule has 1 nitrogen and oxygen atoms in total. The fraction of sp³-hybridized carbons (Fsp3) is 0.0182. The van der Waals surface area contributed by atoms with Crippen LogP contribution in [0.2, 0.25) is 0 Å². The number of fused-ring (bicyclic) bond motifs is 8. The topological polar surface area (TPSA) is 13.1 Å². The molecule has 0 amide bonds. The van der Waals surface area contributed by atoms with Gasteiger partial charge < -0.3 is 4.42 Å². The molecular formula is C55H36O. The lowest BCUT2D eigenvalue weighted by Crippen LogP contribution is -2.03. The molecule has 0 aliphatic heterocycles. The zero-order valence-electron chi connectivity index (χ0n) is 30.7. The van der Waals surface area contributed by atoms with Gasteiger partial charge in [-0.25, -0.2) is 0 Å². The Kier molecular flexibility index (Phi) is 7.64. The van der Waals surface area contributed by atoms with E-state index in [0.717, 1.165) is 38.5 Å². The van der Waals surface area contributed by atoms with E-state index in [0.29, 0.717) is 0 Å². The van der Waals surface area contributed by atoms with Crippen LogP contribution in [0.25, 0.3) is 87.6 Å². The lowest BCUT2D eigenvalue weighted by molar-refractivity contribution is 0.674. The van der Waals surface area contributed by atoms with E-state index in [1.54, 1.807) is 0 Å². The molecule has 0 bridgehead atoms. The van der Waals surface area contributed by atoms with E-state index >= 15 is 0 Å². The second kappa shape index (κ2) is 13.3. The summed E-state index contributed by atoms with van der Waals surface area (Å²) in [6.07, 6.45) is 0. The maximum atomic E-state index is 6.77. The van der Waals surface area contributed by atoms with Gasteiger partial charge in [0.1, 0.15) is 11.2 Å². The molecule has 0 saturated carbocycles. The molecule has 56 heavy (non-hydrogen) atoms. The van der Waals surface area contributed by atoms with Crippen LogP contribution in [0.3, 0.4) is 0 Å². The van der Waals surface area contributed by atoms with Crippen LogP contribution < -0.4 is 0 Å². The Labute approximate surface area is 325 Å². The Balaban J connectivity index is 1.01. The summed E-state index contributed by atoms with van der Waals surface area (Å²) in [6, 6.07) is 77.1. The highest BCUT2D eigenvalue weighted by Crippen LogP contribution is 2.43. The molecule has 1 aromatic heterocycles. The van der Waals surface area contributed by atoms with E-state index in [1.165, 1.54) is 65.9 Å². The number of furan rings is 1. The van der Waals surface area contributed by atoms with E-state index in [-0.39, 0.29) is 5.92 Å². The van der Waals surface area contributed by atoms with Gasteiger partial charge in [0.15, 0.2) is 0 Å². The first kappa shape index (κ1) is 32.2. The Morgan fingerprint density at radius 3 is 1.41 bits per heavy atom. The summed E-state index contributed by atoms with van der Waals surface area (Å²) in [7, 11) is 0. The fourth-order valence-corrected chi connectivity index (χ4v) is 8.93. The van der Waals surface area contributed by atoms with Gasteiger partial charge in [0, 0.05) is 27.6 Å². The second-order valence-corrected chi connectivity index (χ2v) is 14.8. The van der Waals surface area contributed by atoms with Crippen molar-refractivity contribution in [1.82, 2.24) is 0 Å². The summed E-state index contributed by atoms with van der Waals surface area (Å²) < 4.78 is 6.77. The first-order valence-corrected chi connectivity index (χ1v) is 19.4. The minimum absolute atomic E-state index is 0.0843. The summed E-state index contributed by atoms with van der Waals surface area (Å²) in [5.41, 5.74) is 12.8. The highest BCUT2D eigenvalue weighted by atomic mass is 16.3. The highest BCUT2D eigenvalue weighted by molar-refractivity contribution is 6.20. The Morgan fingerprint density at radius 2 is 0.732 bits per heavy atom. The van der Waals surface area contributed by atoms with Gasteiger partial charge >= 0.3 is 0 Å². The first-order valence-electron chi connectivity index (χ1n) is 19.4. The average Bonchev–Trinajstić information content (AvgIpc) is 3.66. The summed E-state index contributed by atoms with van der Waals surface area (Å²) in [4.78, 5) is 0. The Morgan fingerprint density at radius 1 is 0.268 bits per heavy atom. The predicted octanol–water partition coefficient (Wildman–Crippen LogP) is 15.2. The number of hydrogen-bond donors (Lipinski definition) is 0. The molecule has 0 aliphatic carbocycles. The smallest absolute Gasteiger partial charge is 0.143 e. The molecule has 10 aromatic carbocycles. The Hall–Kier alpha value is -7.22. The van der Waals surface area contributed by atoms with Crippen molar-refractivity contribution in [2.45, 2.75) is 5.92 Å². The molecule has 11 aromatic rings. The molecule has 262 valence electrons.